The standard InChI is InChI=1S/C11H13BF3NO/c1-2-9(16-10(17)11(13,14)15)7-3-5-8(12)6-4-7/h3-6,9H,2,12H2,1H3,(H,16,17)/t9-/m1/s1. The van der Waals surface area contributed by atoms with Crippen LogP contribution in [0.4, 0.5) is 13.2 Å². The van der Waals surface area contributed by atoms with Gasteiger partial charge in [0, 0.05) is 0 Å². The highest BCUT2D eigenvalue weighted by molar-refractivity contribution is 6.32. The highest BCUT2D eigenvalue weighted by Crippen LogP contribution is 2.20. The molecule has 1 aromatic rings. The van der Waals surface area contributed by atoms with Gasteiger partial charge in [0.05, 0.1) is 6.04 Å². The van der Waals surface area contributed by atoms with E-state index in [-0.39, 0.29) is 0 Å². The predicted octanol–water partition coefficient (Wildman–Crippen LogP) is 1.07. The van der Waals surface area contributed by atoms with Crippen LogP contribution >= 0.6 is 0 Å². The molecule has 0 aliphatic rings. The molecule has 0 fully saturated rings. The topological polar surface area (TPSA) is 29.1 Å². The van der Waals surface area contributed by atoms with E-state index in [2.05, 4.69) is 0 Å². The van der Waals surface area contributed by atoms with Crippen molar-refractivity contribution in [3.8, 4) is 0 Å². The van der Waals surface area contributed by atoms with Gasteiger partial charge in [0.15, 0.2) is 0 Å². The first-order valence-electron chi connectivity index (χ1n) is 5.29. The van der Waals surface area contributed by atoms with Crippen LogP contribution in [0.5, 0.6) is 0 Å². The van der Waals surface area contributed by atoms with Crippen molar-refractivity contribution in [3.63, 3.8) is 0 Å². The summed E-state index contributed by atoms with van der Waals surface area (Å²) < 4.78 is 36.3. The van der Waals surface area contributed by atoms with Crippen molar-refractivity contribution in [1.29, 1.82) is 0 Å². The number of halogens is 3. The van der Waals surface area contributed by atoms with E-state index >= 15 is 0 Å². The second kappa shape index (κ2) is 5.25. The summed E-state index contributed by atoms with van der Waals surface area (Å²) >= 11 is 0. The van der Waals surface area contributed by atoms with Crippen molar-refractivity contribution in [2.24, 2.45) is 0 Å². The van der Waals surface area contributed by atoms with E-state index in [1.54, 1.807) is 31.2 Å². The Morgan fingerprint density at radius 3 is 2.29 bits per heavy atom. The van der Waals surface area contributed by atoms with Crippen molar-refractivity contribution in [2.75, 3.05) is 0 Å². The van der Waals surface area contributed by atoms with E-state index in [9.17, 15) is 18.0 Å². The van der Waals surface area contributed by atoms with Gasteiger partial charge < -0.3 is 5.32 Å². The lowest BCUT2D eigenvalue weighted by molar-refractivity contribution is -0.174. The fourth-order valence-electron chi connectivity index (χ4n) is 1.46. The minimum absolute atomic E-state index is 0.408. The predicted molar refractivity (Wildman–Crippen MR) is 61.8 cm³/mol. The molecule has 0 saturated carbocycles. The summed E-state index contributed by atoms with van der Waals surface area (Å²) in [5.41, 5.74) is 1.70. The summed E-state index contributed by atoms with van der Waals surface area (Å²) in [7, 11) is 1.89. The summed E-state index contributed by atoms with van der Waals surface area (Å²) in [6.07, 6.45) is -4.43. The molecular formula is C11H13BF3NO. The van der Waals surface area contributed by atoms with Crippen LogP contribution in [0, 0.1) is 0 Å². The number of carbonyl (C=O) groups is 1. The van der Waals surface area contributed by atoms with Crippen LogP contribution in [-0.2, 0) is 4.79 Å². The second-order valence-corrected chi connectivity index (χ2v) is 3.84. The summed E-state index contributed by atoms with van der Waals surface area (Å²) in [6.45, 7) is 1.72. The molecule has 0 spiro atoms. The number of benzene rings is 1. The van der Waals surface area contributed by atoms with E-state index < -0.39 is 18.1 Å². The van der Waals surface area contributed by atoms with E-state index in [0.29, 0.717) is 12.0 Å². The van der Waals surface area contributed by atoms with Gasteiger partial charge >= 0.3 is 12.1 Å². The number of amides is 1. The van der Waals surface area contributed by atoms with Gasteiger partial charge in [-0.25, -0.2) is 0 Å². The third-order valence-electron chi connectivity index (χ3n) is 2.45. The molecule has 1 aromatic carbocycles. The molecule has 92 valence electrons. The van der Waals surface area contributed by atoms with Crippen LogP contribution < -0.4 is 10.8 Å². The SMILES string of the molecule is Bc1ccc([C@@H](CC)NC(=O)C(F)(F)F)cc1. The fourth-order valence-corrected chi connectivity index (χ4v) is 1.46. The van der Waals surface area contributed by atoms with E-state index in [1.165, 1.54) is 0 Å². The Balaban J connectivity index is 2.79. The molecule has 2 nitrogen and oxygen atoms in total. The normalized spacial score (nSPS) is 13.2. The quantitative estimate of drug-likeness (QED) is 0.790. The minimum Gasteiger partial charge on any atom is -0.341 e. The van der Waals surface area contributed by atoms with Crippen LogP contribution in [0.3, 0.4) is 0 Å². The zero-order chi connectivity index (χ0) is 13.1. The van der Waals surface area contributed by atoms with Crippen LogP contribution in [0.1, 0.15) is 24.9 Å². The second-order valence-electron chi connectivity index (χ2n) is 3.84. The molecule has 1 N–H and O–H groups in total. The minimum atomic E-state index is -4.84. The Morgan fingerprint density at radius 2 is 1.88 bits per heavy atom. The molecule has 6 heteroatoms. The van der Waals surface area contributed by atoms with Crippen molar-refractivity contribution in [1.82, 2.24) is 5.32 Å². The summed E-state index contributed by atoms with van der Waals surface area (Å²) in [6, 6.07) is 6.44. The molecule has 0 bridgehead atoms. The highest BCUT2D eigenvalue weighted by atomic mass is 19.4. The van der Waals surface area contributed by atoms with Gasteiger partial charge in [0.25, 0.3) is 0 Å². The van der Waals surface area contributed by atoms with Gasteiger partial charge in [-0.1, -0.05) is 36.7 Å². The van der Waals surface area contributed by atoms with E-state index in [0.717, 1.165) is 5.46 Å². The van der Waals surface area contributed by atoms with Crippen LogP contribution in [-0.4, -0.2) is 19.9 Å². The Kier molecular flexibility index (Phi) is 4.20. The van der Waals surface area contributed by atoms with E-state index in [4.69, 9.17) is 0 Å². The van der Waals surface area contributed by atoms with Gasteiger partial charge in [-0.05, 0) is 12.0 Å². The molecule has 0 aliphatic heterocycles. The Morgan fingerprint density at radius 1 is 1.35 bits per heavy atom. The first-order chi connectivity index (χ1) is 7.84. The van der Waals surface area contributed by atoms with Gasteiger partial charge in [-0.15, -0.1) is 0 Å². The molecular weight excluding hydrogens is 230 g/mol. The maximum Gasteiger partial charge on any atom is 0.471 e. The molecule has 0 unspecified atom stereocenters. The molecule has 1 rings (SSSR count). The average Bonchev–Trinajstić information content (AvgIpc) is 2.25. The first kappa shape index (κ1) is 13.6. The summed E-state index contributed by atoms with van der Waals surface area (Å²) in [5, 5.41) is 1.98. The molecule has 0 saturated heterocycles. The molecule has 17 heavy (non-hydrogen) atoms. The monoisotopic (exact) mass is 243 g/mol. The lowest BCUT2D eigenvalue weighted by Gasteiger charge is -2.18. The number of carbonyl (C=O) groups excluding carboxylic acids is 1. The summed E-state index contributed by atoms with van der Waals surface area (Å²) in [4.78, 5) is 10.8. The molecule has 1 amide bonds. The van der Waals surface area contributed by atoms with E-state index in [1.807, 2.05) is 13.2 Å². The number of hydrogen-bond donors (Lipinski definition) is 1. The number of nitrogens with one attached hydrogen (secondary N) is 1. The number of rotatable bonds is 3. The molecule has 0 aromatic heterocycles. The molecule has 0 heterocycles. The third kappa shape index (κ3) is 3.80. The van der Waals surface area contributed by atoms with Crippen molar-refractivity contribution in [3.05, 3.63) is 29.8 Å². The van der Waals surface area contributed by atoms with Crippen LogP contribution in [0.25, 0.3) is 0 Å². The van der Waals surface area contributed by atoms with Gasteiger partial charge in [0.1, 0.15) is 7.85 Å². The maximum atomic E-state index is 12.1. The van der Waals surface area contributed by atoms with Gasteiger partial charge in [-0.3, -0.25) is 4.79 Å². The molecule has 1 atom stereocenters. The van der Waals surface area contributed by atoms with Crippen LogP contribution in [0.15, 0.2) is 24.3 Å². The van der Waals surface area contributed by atoms with Crippen molar-refractivity contribution in [2.45, 2.75) is 25.6 Å². The maximum absolute atomic E-state index is 12.1. The fraction of sp³-hybridized carbons (Fsp3) is 0.364. The molecule has 0 aliphatic carbocycles. The van der Waals surface area contributed by atoms with Crippen LogP contribution in [0.2, 0.25) is 0 Å². The van der Waals surface area contributed by atoms with Crippen molar-refractivity contribution < 1.29 is 18.0 Å². The highest BCUT2D eigenvalue weighted by Gasteiger charge is 2.39. The molecule has 0 radical (unpaired) electrons. The zero-order valence-corrected chi connectivity index (χ0v) is 9.64. The van der Waals surface area contributed by atoms with Crippen molar-refractivity contribution >= 4 is 19.2 Å². The Hall–Kier alpha value is -1.46. The largest absolute Gasteiger partial charge is 0.471 e. The van der Waals surface area contributed by atoms with Gasteiger partial charge in [-0.2, -0.15) is 13.2 Å². The lowest BCUT2D eigenvalue weighted by Crippen LogP contribution is -2.39. The lowest BCUT2D eigenvalue weighted by atomic mass is 9.93. The Labute approximate surface area is 98.6 Å². The zero-order valence-electron chi connectivity index (χ0n) is 9.64. The smallest absolute Gasteiger partial charge is 0.341 e. The van der Waals surface area contributed by atoms with Gasteiger partial charge in [0.2, 0.25) is 0 Å². The summed E-state index contributed by atoms with van der Waals surface area (Å²) in [5.74, 6) is -1.90. The third-order valence-corrected chi connectivity index (χ3v) is 2.45. The Bertz CT molecular complexity index is 389. The first-order valence-corrected chi connectivity index (χ1v) is 5.29. The number of hydrogen-bond acceptors (Lipinski definition) is 1. The average molecular weight is 243 g/mol. The number of alkyl halides is 3.